The molecule has 0 aliphatic heterocycles. The molecule has 7 heteroatoms. The number of halogens is 5. The molecule has 0 aromatic heterocycles. The van der Waals surface area contributed by atoms with Crippen molar-refractivity contribution in [2.75, 3.05) is 0 Å². The van der Waals surface area contributed by atoms with E-state index in [1.165, 1.54) is 0 Å². The van der Waals surface area contributed by atoms with E-state index in [1.807, 2.05) is 5.92 Å². The molecular weight excluding hydrogens is 307 g/mol. The number of carbonyl (C=O) groups excluding carboxylic acids is 1. The van der Waals surface area contributed by atoms with E-state index in [2.05, 4.69) is 10.7 Å². The van der Waals surface area contributed by atoms with E-state index < -0.39 is 40.8 Å². The van der Waals surface area contributed by atoms with Crippen LogP contribution in [0.4, 0.5) is 22.0 Å². The Morgan fingerprint density at radius 1 is 0.818 bits per heavy atom. The summed E-state index contributed by atoms with van der Waals surface area (Å²) < 4.78 is 69.3. The molecule has 0 saturated carbocycles. The fourth-order valence-electron chi connectivity index (χ4n) is 1.44. The van der Waals surface area contributed by atoms with Crippen LogP contribution >= 0.6 is 0 Å². The standard InChI is InChI=1S/C15H5F5O2/c16-10-11(17)13(19)15(14(20)12(10)18)22-9(21)7-6-8-4-2-1-3-5-8/h1-5H. The molecule has 2 aromatic rings. The van der Waals surface area contributed by atoms with E-state index in [0.29, 0.717) is 5.56 Å². The first-order valence-electron chi connectivity index (χ1n) is 5.72. The largest absolute Gasteiger partial charge is 0.410 e. The van der Waals surface area contributed by atoms with Gasteiger partial charge in [0, 0.05) is 11.5 Å². The molecule has 2 nitrogen and oxygen atoms in total. The molecule has 0 N–H and O–H groups in total. The third-order valence-electron chi connectivity index (χ3n) is 2.45. The zero-order valence-electron chi connectivity index (χ0n) is 10.6. The van der Waals surface area contributed by atoms with Gasteiger partial charge in [-0.05, 0) is 12.1 Å². The molecular formula is C15H5F5O2. The van der Waals surface area contributed by atoms with Gasteiger partial charge in [0.25, 0.3) is 0 Å². The van der Waals surface area contributed by atoms with Crippen LogP contribution in [0.1, 0.15) is 5.56 Å². The van der Waals surface area contributed by atoms with Crippen molar-refractivity contribution in [3.8, 4) is 17.6 Å². The van der Waals surface area contributed by atoms with E-state index in [4.69, 9.17) is 0 Å². The number of benzene rings is 2. The third kappa shape index (κ3) is 3.06. The minimum Gasteiger partial charge on any atom is -0.410 e. The highest BCUT2D eigenvalue weighted by Crippen LogP contribution is 2.29. The summed E-state index contributed by atoms with van der Waals surface area (Å²) >= 11 is 0. The molecule has 0 atom stereocenters. The lowest BCUT2D eigenvalue weighted by atomic mass is 10.2. The van der Waals surface area contributed by atoms with Gasteiger partial charge in [0.2, 0.25) is 34.8 Å². The Morgan fingerprint density at radius 3 is 1.86 bits per heavy atom. The van der Waals surface area contributed by atoms with E-state index in [1.54, 1.807) is 30.3 Å². The van der Waals surface area contributed by atoms with E-state index >= 15 is 0 Å². The second kappa shape index (κ2) is 6.26. The molecule has 0 aliphatic carbocycles. The predicted octanol–water partition coefficient (Wildman–Crippen LogP) is 3.34. The second-order valence-corrected chi connectivity index (χ2v) is 3.90. The quantitative estimate of drug-likeness (QED) is 0.202. The van der Waals surface area contributed by atoms with E-state index in [9.17, 15) is 26.7 Å². The normalized spacial score (nSPS) is 9.86. The minimum absolute atomic E-state index is 0.400. The second-order valence-electron chi connectivity index (χ2n) is 3.90. The van der Waals surface area contributed by atoms with Crippen LogP contribution < -0.4 is 4.74 Å². The molecule has 112 valence electrons. The maximum Gasteiger partial charge on any atom is 0.390 e. The van der Waals surface area contributed by atoms with Crippen LogP contribution in [0.25, 0.3) is 0 Å². The molecule has 2 rings (SSSR count). The molecule has 0 fully saturated rings. The van der Waals surface area contributed by atoms with Crippen molar-refractivity contribution in [2.24, 2.45) is 0 Å². The molecule has 0 spiro atoms. The summed E-state index contributed by atoms with van der Waals surface area (Å²) in [5, 5.41) is 0. The lowest BCUT2D eigenvalue weighted by Gasteiger charge is -2.06. The summed E-state index contributed by atoms with van der Waals surface area (Å²) in [6.07, 6.45) is 0. The molecule has 0 amide bonds. The number of esters is 1. The summed E-state index contributed by atoms with van der Waals surface area (Å²) in [5.41, 5.74) is 0.400. The first kappa shape index (κ1) is 15.5. The predicted molar refractivity (Wildman–Crippen MR) is 65.2 cm³/mol. The highest BCUT2D eigenvalue weighted by Gasteiger charge is 2.28. The molecule has 0 unspecified atom stereocenters. The van der Waals surface area contributed by atoms with Crippen molar-refractivity contribution in [1.82, 2.24) is 0 Å². The topological polar surface area (TPSA) is 26.3 Å². The lowest BCUT2D eigenvalue weighted by molar-refractivity contribution is -0.128. The van der Waals surface area contributed by atoms with Crippen molar-refractivity contribution in [3.63, 3.8) is 0 Å². The summed E-state index contributed by atoms with van der Waals surface area (Å²) in [6.45, 7) is 0. The van der Waals surface area contributed by atoms with Crippen LogP contribution in [0, 0.1) is 40.9 Å². The lowest BCUT2D eigenvalue weighted by Crippen LogP contribution is -2.11. The van der Waals surface area contributed by atoms with Crippen molar-refractivity contribution in [1.29, 1.82) is 0 Å². The Labute approximate surface area is 121 Å². The fourth-order valence-corrected chi connectivity index (χ4v) is 1.44. The molecule has 0 aliphatic rings. The van der Waals surface area contributed by atoms with Crippen LogP contribution in [-0.2, 0) is 4.79 Å². The third-order valence-corrected chi connectivity index (χ3v) is 2.45. The molecule has 22 heavy (non-hydrogen) atoms. The smallest absolute Gasteiger partial charge is 0.390 e. The molecule has 0 radical (unpaired) electrons. The number of rotatable bonds is 1. The van der Waals surface area contributed by atoms with Gasteiger partial charge < -0.3 is 4.74 Å². The van der Waals surface area contributed by atoms with E-state index in [0.717, 1.165) is 0 Å². The highest BCUT2D eigenvalue weighted by atomic mass is 19.2. The maximum atomic E-state index is 13.3. The molecule has 2 aromatic carbocycles. The number of carbonyl (C=O) groups is 1. The van der Waals surface area contributed by atoms with Crippen molar-refractivity contribution >= 4 is 5.97 Å². The van der Waals surface area contributed by atoms with Crippen molar-refractivity contribution in [2.45, 2.75) is 0 Å². The van der Waals surface area contributed by atoms with Gasteiger partial charge in [-0.3, -0.25) is 0 Å². The Hall–Kier alpha value is -2.88. The van der Waals surface area contributed by atoms with Gasteiger partial charge in [0.1, 0.15) is 0 Å². The average Bonchev–Trinajstić information content (AvgIpc) is 2.54. The van der Waals surface area contributed by atoms with Gasteiger partial charge in [0.15, 0.2) is 0 Å². The van der Waals surface area contributed by atoms with Gasteiger partial charge in [-0.1, -0.05) is 24.1 Å². The number of hydrogen-bond acceptors (Lipinski definition) is 2. The number of ether oxygens (including phenoxy) is 1. The van der Waals surface area contributed by atoms with Crippen LogP contribution in [-0.4, -0.2) is 5.97 Å². The van der Waals surface area contributed by atoms with Gasteiger partial charge in [-0.2, -0.15) is 8.78 Å². The fraction of sp³-hybridized carbons (Fsp3) is 0. The van der Waals surface area contributed by atoms with Gasteiger partial charge in [-0.25, -0.2) is 18.0 Å². The van der Waals surface area contributed by atoms with Crippen molar-refractivity contribution < 1.29 is 31.5 Å². The Bertz CT molecular complexity index is 762. The zero-order valence-corrected chi connectivity index (χ0v) is 10.6. The summed E-state index contributed by atoms with van der Waals surface area (Å²) in [7, 11) is 0. The highest BCUT2D eigenvalue weighted by molar-refractivity contribution is 5.90. The minimum atomic E-state index is -2.34. The Kier molecular flexibility index (Phi) is 4.41. The SMILES string of the molecule is O=C(C#Cc1ccccc1)Oc1c(F)c(F)c(F)c(F)c1F. The van der Waals surface area contributed by atoms with Crippen LogP contribution in [0.15, 0.2) is 30.3 Å². The van der Waals surface area contributed by atoms with Crippen LogP contribution in [0.2, 0.25) is 0 Å². The molecule has 0 bridgehead atoms. The Morgan fingerprint density at radius 2 is 1.32 bits per heavy atom. The van der Waals surface area contributed by atoms with Crippen LogP contribution in [0.5, 0.6) is 5.75 Å². The monoisotopic (exact) mass is 312 g/mol. The van der Waals surface area contributed by atoms with Gasteiger partial charge in [-0.15, -0.1) is 0 Å². The summed E-state index contributed by atoms with van der Waals surface area (Å²) in [6, 6.07) is 8.02. The number of hydrogen-bond donors (Lipinski definition) is 0. The molecule has 0 saturated heterocycles. The summed E-state index contributed by atoms with van der Waals surface area (Å²) in [5.74, 6) is -10.2. The maximum absolute atomic E-state index is 13.3. The summed E-state index contributed by atoms with van der Waals surface area (Å²) in [4.78, 5) is 11.3. The van der Waals surface area contributed by atoms with Gasteiger partial charge >= 0.3 is 5.97 Å². The van der Waals surface area contributed by atoms with E-state index in [-0.39, 0.29) is 0 Å². The van der Waals surface area contributed by atoms with Gasteiger partial charge in [0.05, 0.1) is 0 Å². The molecule has 0 heterocycles. The average molecular weight is 312 g/mol. The van der Waals surface area contributed by atoms with Crippen LogP contribution in [0.3, 0.4) is 0 Å². The first-order valence-corrected chi connectivity index (χ1v) is 5.72. The Balaban J connectivity index is 2.29. The zero-order chi connectivity index (χ0) is 16.3. The first-order chi connectivity index (χ1) is 10.4. The van der Waals surface area contributed by atoms with Crippen molar-refractivity contribution in [3.05, 3.63) is 65.0 Å².